The van der Waals surface area contributed by atoms with E-state index < -0.39 is 9.05 Å². The normalized spacial score (nSPS) is 11.7. The van der Waals surface area contributed by atoms with Crippen molar-refractivity contribution in [3.63, 3.8) is 0 Å². The van der Waals surface area contributed by atoms with Crippen LogP contribution in [0.4, 0.5) is 0 Å². The van der Waals surface area contributed by atoms with E-state index in [1.807, 2.05) is 20.8 Å². The van der Waals surface area contributed by atoms with E-state index >= 15 is 0 Å². The van der Waals surface area contributed by atoms with Crippen LogP contribution < -0.4 is 0 Å². The summed E-state index contributed by atoms with van der Waals surface area (Å²) >= 11 is 1.60. The molecule has 0 rings (SSSR count). The summed E-state index contributed by atoms with van der Waals surface area (Å²) < 4.78 is 21.9. The van der Waals surface area contributed by atoms with Crippen molar-refractivity contribution in [3.05, 3.63) is 0 Å². The van der Waals surface area contributed by atoms with E-state index in [1.165, 1.54) is 32.1 Å². The predicted octanol–water partition coefficient (Wildman–Crippen LogP) is 4.17. The Hall–Kier alpha value is -0.0831. The number of carbonyl (C=O) groups is 1. The number of hydrogen-bond donors (Lipinski definition) is 0. The molecule has 7 heteroatoms. The summed E-state index contributed by atoms with van der Waals surface area (Å²) in [7, 11) is -3.31. The van der Waals surface area contributed by atoms with E-state index in [1.54, 1.807) is 11.8 Å². The summed E-state index contributed by atoms with van der Waals surface area (Å²) in [6, 6.07) is 0. The molecule has 0 fully saturated rings. The van der Waals surface area contributed by atoms with Crippen molar-refractivity contribution in [3.8, 4) is 0 Å². The zero-order valence-electron chi connectivity index (χ0n) is 15.2. The molecule has 0 spiro atoms. The van der Waals surface area contributed by atoms with E-state index in [4.69, 9.17) is 17.7 Å². The average Bonchev–Trinajstić information content (AvgIpc) is 2.50. The Morgan fingerprint density at radius 2 is 1.35 bits per heavy atom. The minimum atomic E-state index is -3.31. The van der Waals surface area contributed by atoms with Gasteiger partial charge in [-0.25, -0.2) is 0 Å². The maximum Gasteiger partial charge on any atom is 0.751 e. The third-order valence-electron chi connectivity index (χ3n) is 3.06. The lowest BCUT2D eigenvalue weighted by atomic mass is 10.1. The lowest BCUT2D eigenvalue weighted by Gasteiger charge is -2.25. The lowest BCUT2D eigenvalue weighted by molar-refractivity contribution is -0.141. The summed E-state index contributed by atoms with van der Waals surface area (Å²) in [5.41, 5.74) is 0. The van der Waals surface area contributed by atoms with Gasteiger partial charge in [0.05, 0.1) is 5.75 Å². The molecule has 23 heavy (non-hydrogen) atoms. The Kier molecular flexibility index (Phi) is 15.4. The quantitative estimate of drug-likeness (QED) is 0.302. The number of rotatable bonds is 16. The minimum absolute atomic E-state index is 0.316. The van der Waals surface area contributed by atoms with Crippen LogP contribution in [0.3, 0.4) is 0 Å². The Labute approximate surface area is 147 Å². The van der Waals surface area contributed by atoms with Gasteiger partial charge in [-0.3, -0.25) is 4.79 Å². The first-order valence-corrected chi connectivity index (χ1v) is 11.6. The highest BCUT2D eigenvalue weighted by molar-refractivity contribution is 7.99. The van der Waals surface area contributed by atoms with Crippen LogP contribution in [0.2, 0.25) is 0 Å². The topological polar surface area (TPSA) is 54.0 Å². The zero-order chi connectivity index (χ0) is 17.4. The molecule has 0 aromatic heterocycles. The highest BCUT2D eigenvalue weighted by Gasteiger charge is 2.49. The zero-order valence-corrected chi connectivity index (χ0v) is 17.0. The third-order valence-corrected chi connectivity index (χ3v) is 6.49. The molecular formula is C16H34O5SSi. The van der Waals surface area contributed by atoms with Gasteiger partial charge in [-0.15, -0.1) is 0 Å². The van der Waals surface area contributed by atoms with Crippen LogP contribution >= 0.6 is 11.8 Å². The van der Waals surface area contributed by atoms with Gasteiger partial charge in [-0.2, -0.15) is 11.8 Å². The molecule has 0 unspecified atom stereocenters. The van der Waals surface area contributed by atoms with Crippen molar-refractivity contribution >= 4 is 26.8 Å². The second-order valence-corrected chi connectivity index (χ2v) is 8.27. The standard InChI is InChI=1S/C16H34O5SSi/c1-5-9-10-11-12-13-14-22-15-16(17)21-23(18-6-2,19-7-3)20-8-4/h5-15H2,1-4H3. The van der Waals surface area contributed by atoms with Crippen molar-refractivity contribution in [2.75, 3.05) is 31.3 Å². The largest absolute Gasteiger partial charge is 0.751 e. The number of hydrogen-bond acceptors (Lipinski definition) is 6. The van der Waals surface area contributed by atoms with Crippen LogP contribution in [0.1, 0.15) is 66.2 Å². The van der Waals surface area contributed by atoms with E-state index in [0.717, 1.165) is 12.2 Å². The summed E-state index contributed by atoms with van der Waals surface area (Å²) in [6.07, 6.45) is 7.57. The van der Waals surface area contributed by atoms with Gasteiger partial charge in [0.15, 0.2) is 0 Å². The molecule has 0 heterocycles. The maximum absolute atomic E-state index is 12.0. The molecule has 0 radical (unpaired) electrons. The van der Waals surface area contributed by atoms with Gasteiger partial charge in [-0.1, -0.05) is 39.0 Å². The van der Waals surface area contributed by atoms with Crippen LogP contribution in [0.5, 0.6) is 0 Å². The molecule has 0 bridgehead atoms. The second-order valence-electron chi connectivity index (χ2n) is 5.09. The van der Waals surface area contributed by atoms with E-state index in [9.17, 15) is 4.79 Å². The Bertz CT molecular complexity index is 275. The van der Waals surface area contributed by atoms with Crippen molar-refractivity contribution in [2.45, 2.75) is 66.2 Å². The highest BCUT2D eigenvalue weighted by atomic mass is 32.2. The van der Waals surface area contributed by atoms with Crippen molar-refractivity contribution < 1.29 is 22.5 Å². The fourth-order valence-corrected chi connectivity index (χ4v) is 4.77. The summed E-state index contributed by atoms with van der Waals surface area (Å²) in [5, 5.41) is 0. The highest BCUT2D eigenvalue weighted by Crippen LogP contribution is 2.15. The second kappa shape index (κ2) is 15.4. The molecule has 0 aromatic carbocycles. The number of unbranched alkanes of at least 4 members (excludes halogenated alkanes) is 5. The summed E-state index contributed by atoms with van der Waals surface area (Å²) in [5.74, 6) is 0.980. The van der Waals surface area contributed by atoms with Gasteiger partial charge in [0.2, 0.25) is 0 Å². The van der Waals surface area contributed by atoms with Crippen LogP contribution in [0, 0.1) is 0 Å². The third kappa shape index (κ3) is 12.0. The van der Waals surface area contributed by atoms with E-state index in [0.29, 0.717) is 25.6 Å². The SMILES string of the molecule is CCCCCCCCSCC(=O)O[Si](OCC)(OCC)OCC. The molecule has 0 N–H and O–H groups in total. The first-order chi connectivity index (χ1) is 11.1. The Morgan fingerprint density at radius 3 is 1.87 bits per heavy atom. The first kappa shape index (κ1) is 22.9. The van der Waals surface area contributed by atoms with E-state index in [2.05, 4.69) is 6.92 Å². The van der Waals surface area contributed by atoms with Crippen molar-refractivity contribution in [1.29, 1.82) is 0 Å². The molecule has 5 nitrogen and oxygen atoms in total. The van der Waals surface area contributed by atoms with Gasteiger partial charge in [-0.05, 0) is 32.9 Å². The predicted molar refractivity (Wildman–Crippen MR) is 97.4 cm³/mol. The maximum atomic E-state index is 12.0. The summed E-state index contributed by atoms with van der Waals surface area (Å²) in [6.45, 7) is 8.90. The fraction of sp³-hybridized carbons (Fsp3) is 0.938. The smallest absolute Gasteiger partial charge is 0.451 e. The summed E-state index contributed by atoms with van der Waals surface area (Å²) in [4.78, 5) is 12.0. The van der Waals surface area contributed by atoms with Gasteiger partial charge in [0.1, 0.15) is 0 Å². The van der Waals surface area contributed by atoms with Crippen LogP contribution in [0.15, 0.2) is 0 Å². The van der Waals surface area contributed by atoms with Gasteiger partial charge >= 0.3 is 15.0 Å². The monoisotopic (exact) mass is 366 g/mol. The lowest BCUT2D eigenvalue weighted by Crippen LogP contribution is -2.51. The van der Waals surface area contributed by atoms with Gasteiger partial charge in [0, 0.05) is 19.8 Å². The Morgan fingerprint density at radius 1 is 0.826 bits per heavy atom. The molecule has 0 saturated heterocycles. The van der Waals surface area contributed by atoms with Crippen LogP contribution in [-0.2, 0) is 22.5 Å². The molecule has 0 aliphatic rings. The van der Waals surface area contributed by atoms with Crippen LogP contribution in [-0.4, -0.2) is 46.3 Å². The molecule has 0 amide bonds. The minimum Gasteiger partial charge on any atom is -0.451 e. The molecule has 0 aromatic rings. The molecule has 0 aliphatic carbocycles. The van der Waals surface area contributed by atoms with E-state index in [-0.39, 0.29) is 5.97 Å². The Balaban J connectivity index is 3.98. The molecular weight excluding hydrogens is 332 g/mol. The average molecular weight is 367 g/mol. The number of thioether (sulfide) groups is 1. The molecule has 0 aliphatic heterocycles. The molecule has 0 saturated carbocycles. The van der Waals surface area contributed by atoms with Gasteiger partial charge in [0.25, 0.3) is 0 Å². The molecule has 0 atom stereocenters. The van der Waals surface area contributed by atoms with Crippen molar-refractivity contribution in [2.24, 2.45) is 0 Å². The molecule has 138 valence electrons. The first-order valence-electron chi connectivity index (χ1n) is 8.85. The number of carbonyl (C=O) groups excluding carboxylic acids is 1. The van der Waals surface area contributed by atoms with Crippen LogP contribution in [0.25, 0.3) is 0 Å². The van der Waals surface area contributed by atoms with Crippen molar-refractivity contribution in [1.82, 2.24) is 0 Å². The van der Waals surface area contributed by atoms with Gasteiger partial charge < -0.3 is 17.7 Å². The fourth-order valence-electron chi connectivity index (χ4n) is 2.05.